The average Bonchev–Trinajstić information content (AvgIpc) is 3.53. The van der Waals surface area contributed by atoms with Crippen molar-refractivity contribution < 1.29 is 33.6 Å². The first-order valence-electron chi connectivity index (χ1n) is 13.8. The summed E-state index contributed by atoms with van der Waals surface area (Å²) in [6.07, 6.45) is 2.21. The normalized spacial score (nSPS) is 16.6. The van der Waals surface area contributed by atoms with E-state index in [1.54, 1.807) is 37.4 Å². The lowest BCUT2D eigenvalue weighted by Crippen LogP contribution is -2.50. The minimum Gasteiger partial charge on any atom is -0.486 e. The molecule has 41 heavy (non-hydrogen) atoms. The molecule has 3 aromatic rings. The molecule has 10 heteroatoms. The molecule has 1 amide bonds. The molecule has 2 atom stereocenters. The average molecular weight is 566 g/mol. The second-order valence-electron chi connectivity index (χ2n) is 10.3. The van der Waals surface area contributed by atoms with Crippen molar-refractivity contribution in [1.29, 1.82) is 0 Å². The Labute approximate surface area is 237 Å². The van der Waals surface area contributed by atoms with Gasteiger partial charge in [0, 0.05) is 24.8 Å². The lowest BCUT2D eigenvalue weighted by Gasteiger charge is -2.30. The summed E-state index contributed by atoms with van der Waals surface area (Å²) in [6.45, 7) is 2.59. The highest BCUT2D eigenvalue weighted by Gasteiger charge is 2.43. The summed E-state index contributed by atoms with van der Waals surface area (Å²) in [5, 5.41) is 22.5. The molecule has 5 N–H and O–H groups in total. The van der Waals surface area contributed by atoms with E-state index in [9.17, 15) is 9.90 Å². The van der Waals surface area contributed by atoms with Gasteiger partial charge in [-0.15, -0.1) is 0 Å². The van der Waals surface area contributed by atoms with Gasteiger partial charge in [0.05, 0.1) is 11.6 Å². The molecule has 0 aromatic heterocycles. The van der Waals surface area contributed by atoms with Crippen LogP contribution in [0.25, 0.3) is 11.1 Å². The molecule has 0 bridgehead atoms. The number of alkyl halides is 2. The van der Waals surface area contributed by atoms with Gasteiger partial charge in [-0.05, 0) is 66.9 Å². The Morgan fingerprint density at radius 3 is 2.39 bits per heavy atom. The van der Waals surface area contributed by atoms with Crippen molar-refractivity contribution in [2.24, 2.45) is 0 Å². The summed E-state index contributed by atoms with van der Waals surface area (Å²) >= 11 is 0. The number of halogens is 2. The number of amides is 1. The number of carbonyl (C=O) groups is 1. The molecule has 0 aliphatic carbocycles. The van der Waals surface area contributed by atoms with Crippen molar-refractivity contribution in [3.05, 3.63) is 77.4 Å². The lowest BCUT2D eigenvalue weighted by atomic mass is 9.98. The third kappa shape index (κ3) is 6.18. The number of rotatable bonds is 10. The van der Waals surface area contributed by atoms with Crippen LogP contribution in [-0.4, -0.2) is 68.1 Å². The topological polar surface area (TPSA) is 109 Å². The fraction of sp³-hybridized carbons (Fsp3) is 0.355. The maximum absolute atomic E-state index is 15.5. The van der Waals surface area contributed by atoms with Gasteiger partial charge in [0.1, 0.15) is 19.3 Å². The number of aliphatic hydroxyl groups excluding tert-OH is 1. The maximum Gasteiger partial charge on any atom is 0.349 e. The predicted molar refractivity (Wildman–Crippen MR) is 152 cm³/mol. The summed E-state index contributed by atoms with van der Waals surface area (Å²) in [5.74, 6) is -4.25. The fourth-order valence-electron chi connectivity index (χ4n) is 5.30. The standard InChI is InChI=1S/C31H34F2N4O4/c1-35-25-16-21(4-5-23(25)18-34)20-6-9-24(10-7-20)31(32,33)30(39)36-26(19-37-12-2-3-13-37)29(38)22-8-11-27-28(17-22)41-15-14-40-27/h4-11,16-18,26,29,34-35,38H,2-3,12-15,19H2,1H3,(H,36,39)/p+1/t26-,29-/m1/s1. The molecule has 8 nitrogen and oxygen atoms in total. The minimum atomic E-state index is -3.82. The number of benzene rings is 3. The van der Waals surface area contributed by atoms with Crippen LogP contribution in [0.5, 0.6) is 11.5 Å². The number of anilines is 1. The molecule has 0 saturated carbocycles. The van der Waals surface area contributed by atoms with Crippen molar-refractivity contribution in [3.63, 3.8) is 0 Å². The SMILES string of the molecule is CNc1cc(-c2ccc(C(F)(F)C(=O)N[C@H](CN3CCCC3)[C@H](O)c3ccc4c(c3)OCCO4)cc2)ccc1C=[NH2+]. The minimum absolute atomic E-state index is 0.236. The number of likely N-dealkylation sites (tertiary alicyclic amines) is 1. The Morgan fingerprint density at radius 1 is 1.02 bits per heavy atom. The van der Waals surface area contributed by atoms with Crippen molar-refractivity contribution in [2.45, 2.75) is 30.9 Å². The first-order chi connectivity index (χ1) is 19.8. The van der Waals surface area contributed by atoms with Crippen LogP contribution in [0.4, 0.5) is 14.5 Å². The van der Waals surface area contributed by atoms with Gasteiger partial charge in [-0.3, -0.25) is 10.2 Å². The molecular formula is C31H35F2N4O4+. The molecule has 216 valence electrons. The van der Waals surface area contributed by atoms with Crippen LogP contribution in [0.2, 0.25) is 0 Å². The maximum atomic E-state index is 15.5. The van der Waals surface area contributed by atoms with Crippen LogP contribution in [0, 0.1) is 0 Å². The Morgan fingerprint density at radius 2 is 1.71 bits per heavy atom. The van der Waals surface area contributed by atoms with Crippen LogP contribution in [0.1, 0.15) is 35.6 Å². The molecule has 0 unspecified atom stereocenters. The van der Waals surface area contributed by atoms with Gasteiger partial charge in [0.25, 0.3) is 5.91 Å². The van der Waals surface area contributed by atoms with Crippen molar-refractivity contribution in [1.82, 2.24) is 10.2 Å². The van der Waals surface area contributed by atoms with Gasteiger partial charge in [0.2, 0.25) is 0 Å². The van der Waals surface area contributed by atoms with E-state index < -0.39 is 29.5 Å². The van der Waals surface area contributed by atoms with E-state index in [0.29, 0.717) is 35.8 Å². The zero-order valence-corrected chi connectivity index (χ0v) is 22.9. The van der Waals surface area contributed by atoms with Crippen LogP contribution in [0.15, 0.2) is 60.7 Å². The highest BCUT2D eigenvalue weighted by molar-refractivity contribution is 5.87. The number of fused-ring (bicyclic) bond motifs is 1. The van der Waals surface area contributed by atoms with Crippen LogP contribution in [-0.2, 0) is 10.7 Å². The van der Waals surface area contributed by atoms with E-state index >= 15 is 8.78 Å². The molecule has 3 aromatic carbocycles. The highest BCUT2D eigenvalue weighted by Crippen LogP contribution is 2.35. The highest BCUT2D eigenvalue weighted by atomic mass is 19.3. The number of nitrogens with zero attached hydrogens (tertiary/aromatic N) is 1. The molecule has 2 aliphatic rings. The Balaban J connectivity index is 1.35. The van der Waals surface area contributed by atoms with E-state index in [4.69, 9.17) is 14.9 Å². The van der Waals surface area contributed by atoms with E-state index in [-0.39, 0.29) is 6.54 Å². The number of carbonyl (C=O) groups excluding carboxylic acids is 1. The zero-order chi connectivity index (χ0) is 29.0. The summed E-state index contributed by atoms with van der Waals surface area (Å²) in [5.41, 5.74) is 3.16. The molecule has 2 aliphatic heterocycles. The van der Waals surface area contributed by atoms with Crippen molar-refractivity contribution in [3.8, 4) is 22.6 Å². The van der Waals surface area contributed by atoms with Gasteiger partial charge in [-0.25, -0.2) is 0 Å². The number of aliphatic hydroxyl groups is 1. The zero-order valence-electron chi connectivity index (χ0n) is 22.9. The van der Waals surface area contributed by atoms with E-state index in [1.165, 1.54) is 18.3 Å². The van der Waals surface area contributed by atoms with Gasteiger partial charge in [-0.1, -0.05) is 36.4 Å². The van der Waals surface area contributed by atoms with Crippen LogP contribution < -0.4 is 25.5 Å². The Hall–Kier alpha value is -4.02. The van der Waals surface area contributed by atoms with Crippen LogP contribution in [0.3, 0.4) is 0 Å². The Bertz CT molecular complexity index is 1390. The summed E-state index contributed by atoms with van der Waals surface area (Å²) in [7, 11) is 1.77. The molecule has 1 fully saturated rings. The van der Waals surface area contributed by atoms with Crippen LogP contribution >= 0.6 is 0 Å². The Kier molecular flexibility index (Phi) is 8.51. The largest absolute Gasteiger partial charge is 0.486 e. The smallest absolute Gasteiger partial charge is 0.349 e. The van der Waals surface area contributed by atoms with Crippen molar-refractivity contribution >= 4 is 17.8 Å². The molecule has 0 spiro atoms. The van der Waals surface area contributed by atoms with Gasteiger partial charge in [-0.2, -0.15) is 8.78 Å². The number of hydrogen-bond acceptors (Lipinski definition) is 6. The fourth-order valence-corrected chi connectivity index (χ4v) is 5.30. The van der Waals surface area contributed by atoms with Crippen molar-refractivity contribution in [2.75, 3.05) is 45.2 Å². The van der Waals surface area contributed by atoms with Gasteiger partial charge in [0.15, 0.2) is 17.7 Å². The van der Waals surface area contributed by atoms with Gasteiger partial charge >= 0.3 is 5.92 Å². The lowest BCUT2D eigenvalue weighted by molar-refractivity contribution is -0.149. The number of nitrogens with one attached hydrogen (secondary N) is 2. The third-order valence-electron chi connectivity index (χ3n) is 7.63. The predicted octanol–water partition coefficient (Wildman–Crippen LogP) is 2.75. The first-order valence-corrected chi connectivity index (χ1v) is 13.8. The quantitative estimate of drug-likeness (QED) is 0.282. The number of nitrogens with two attached hydrogens (primary N) is 1. The second kappa shape index (κ2) is 12.2. The summed E-state index contributed by atoms with van der Waals surface area (Å²) in [4.78, 5) is 15.1. The van der Waals surface area contributed by atoms with Gasteiger partial charge < -0.3 is 30.1 Å². The number of hydrogen-bond donors (Lipinski definition) is 4. The van der Waals surface area contributed by atoms with E-state index in [2.05, 4.69) is 15.5 Å². The monoisotopic (exact) mass is 565 g/mol. The first kappa shape index (κ1) is 28.5. The summed E-state index contributed by atoms with van der Waals surface area (Å²) in [6, 6.07) is 15.2. The third-order valence-corrected chi connectivity index (χ3v) is 7.63. The van der Waals surface area contributed by atoms with E-state index in [1.807, 2.05) is 18.2 Å². The molecule has 5 rings (SSSR count). The number of ether oxygens (including phenoxy) is 2. The molecule has 2 heterocycles. The van der Waals surface area contributed by atoms with E-state index in [0.717, 1.165) is 42.7 Å². The molecular weight excluding hydrogens is 530 g/mol. The molecule has 0 radical (unpaired) electrons. The summed E-state index contributed by atoms with van der Waals surface area (Å²) < 4.78 is 42.2. The second-order valence-corrected chi connectivity index (χ2v) is 10.3. The molecule has 1 saturated heterocycles.